The second kappa shape index (κ2) is 10.3. The zero-order chi connectivity index (χ0) is 24.9. The summed E-state index contributed by atoms with van der Waals surface area (Å²) in [4.78, 5) is 8.16. The molecule has 1 aromatic carbocycles. The van der Waals surface area contributed by atoms with Crippen LogP contribution in [0, 0.1) is 0 Å². The van der Waals surface area contributed by atoms with E-state index in [9.17, 15) is 13.2 Å². The summed E-state index contributed by atoms with van der Waals surface area (Å²) in [6.07, 6.45) is -0.714. The van der Waals surface area contributed by atoms with Crippen LogP contribution in [0.2, 0.25) is 0 Å². The van der Waals surface area contributed by atoms with E-state index in [1.807, 2.05) is 18.2 Å². The second-order valence-electron chi connectivity index (χ2n) is 8.88. The summed E-state index contributed by atoms with van der Waals surface area (Å²) in [7, 11) is 1.61. The number of alkyl halides is 3. The molecule has 3 aromatic rings. The lowest BCUT2D eigenvalue weighted by atomic mass is 9.87. The highest BCUT2D eigenvalue weighted by Crippen LogP contribution is 2.36. The summed E-state index contributed by atoms with van der Waals surface area (Å²) in [5.74, 6) is 0.0961. The van der Waals surface area contributed by atoms with E-state index in [0.717, 1.165) is 11.8 Å². The molecule has 0 bridgehead atoms. The Morgan fingerprint density at radius 1 is 1.06 bits per heavy atom. The lowest BCUT2D eigenvalue weighted by molar-refractivity contribution is -0.137. The van der Waals surface area contributed by atoms with Gasteiger partial charge in [-0.15, -0.1) is 0 Å². The highest BCUT2D eigenvalue weighted by molar-refractivity contribution is 5.82. The number of rotatable bonds is 7. The first-order valence-corrected chi connectivity index (χ1v) is 10.9. The zero-order valence-electron chi connectivity index (χ0n) is 19.7. The van der Waals surface area contributed by atoms with Gasteiger partial charge < -0.3 is 15.8 Å². The molecule has 0 aliphatic carbocycles. The second-order valence-corrected chi connectivity index (χ2v) is 8.88. The number of hydrogen-bond donors (Lipinski definition) is 2. The number of nitrogens with two attached hydrogens (primary N) is 1. The molecule has 0 spiro atoms. The van der Waals surface area contributed by atoms with Crippen LogP contribution >= 0.6 is 0 Å². The van der Waals surface area contributed by atoms with Crippen molar-refractivity contribution in [3.63, 3.8) is 0 Å². The minimum Gasteiger partial charge on any atom is -0.384 e. The van der Waals surface area contributed by atoms with E-state index in [1.165, 1.54) is 23.9 Å². The fraction of sp³-hybridized carbons (Fsp3) is 0.308. The summed E-state index contributed by atoms with van der Waals surface area (Å²) in [6.45, 7) is 6.93. The van der Waals surface area contributed by atoms with E-state index >= 15 is 0 Å². The molecule has 2 heterocycles. The maximum atomic E-state index is 13.4. The van der Waals surface area contributed by atoms with Gasteiger partial charge in [0.05, 0.1) is 11.3 Å². The van der Waals surface area contributed by atoms with E-state index < -0.39 is 11.7 Å². The largest absolute Gasteiger partial charge is 0.418 e. The van der Waals surface area contributed by atoms with Crippen LogP contribution < -0.4 is 11.1 Å². The van der Waals surface area contributed by atoms with E-state index in [1.54, 1.807) is 13.2 Å². The van der Waals surface area contributed by atoms with Crippen LogP contribution in [0.4, 0.5) is 24.7 Å². The van der Waals surface area contributed by atoms with Gasteiger partial charge in [-0.25, -0.2) is 4.98 Å². The van der Waals surface area contributed by atoms with Crippen LogP contribution in [0.5, 0.6) is 0 Å². The Labute approximate surface area is 197 Å². The zero-order valence-corrected chi connectivity index (χ0v) is 19.7. The van der Waals surface area contributed by atoms with Gasteiger partial charge in [0, 0.05) is 36.9 Å². The molecule has 0 unspecified atom stereocenters. The maximum absolute atomic E-state index is 13.4. The Kier molecular flexibility index (Phi) is 7.61. The van der Waals surface area contributed by atoms with Crippen LogP contribution in [0.25, 0.3) is 17.1 Å². The van der Waals surface area contributed by atoms with Crippen LogP contribution in [-0.4, -0.2) is 23.7 Å². The van der Waals surface area contributed by atoms with Gasteiger partial charge in [0.1, 0.15) is 11.5 Å². The lowest BCUT2D eigenvalue weighted by Crippen LogP contribution is -2.11. The minimum atomic E-state index is -4.55. The van der Waals surface area contributed by atoms with Crippen LogP contribution in [0.1, 0.15) is 43.9 Å². The number of aromatic nitrogens is 2. The smallest absolute Gasteiger partial charge is 0.384 e. The van der Waals surface area contributed by atoms with E-state index in [2.05, 4.69) is 48.2 Å². The van der Waals surface area contributed by atoms with Gasteiger partial charge in [-0.3, -0.25) is 4.98 Å². The van der Waals surface area contributed by atoms with Crippen LogP contribution in [0.3, 0.4) is 0 Å². The number of hydrogen-bond acceptors (Lipinski definition) is 5. The number of pyridine rings is 2. The van der Waals surface area contributed by atoms with Crippen molar-refractivity contribution < 1.29 is 17.9 Å². The molecule has 0 fully saturated rings. The van der Waals surface area contributed by atoms with Crippen molar-refractivity contribution in [3.05, 3.63) is 77.5 Å². The molecule has 0 amide bonds. The summed E-state index contributed by atoms with van der Waals surface area (Å²) < 4.78 is 45.4. The third-order valence-electron chi connectivity index (χ3n) is 5.27. The van der Waals surface area contributed by atoms with E-state index in [4.69, 9.17) is 10.5 Å². The Hall–Kier alpha value is -3.39. The first-order chi connectivity index (χ1) is 16.0. The number of nitrogens with zero attached hydrogens (tertiary/aromatic N) is 2. The van der Waals surface area contributed by atoms with Gasteiger partial charge >= 0.3 is 6.18 Å². The number of anilines is 2. The molecule has 0 atom stereocenters. The number of nitrogen functional groups attached to an aromatic ring is 1. The predicted octanol–water partition coefficient (Wildman–Crippen LogP) is 6.53. The molecular weight excluding hydrogens is 441 g/mol. The molecule has 0 radical (unpaired) electrons. The van der Waals surface area contributed by atoms with Crippen molar-refractivity contribution in [2.24, 2.45) is 0 Å². The molecular formula is C26H29F3N4O. The number of benzene rings is 1. The molecule has 0 saturated carbocycles. The van der Waals surface area contributed by atoms with Crippen molar-refractivity contribution in [2.75, 3.05) is 24.8 Å². The van der Waals surface area contributed by atoms with E-state index in [0.29, 0.717) is 24.3 Å². The third-order valence-corrected chi connectivity index (χ3v) is 5.27. The number of methoxy groups -OCH3 is 1. The maximum Gasteiger partial charge on any atom is 0.418 e. The molecule has 5 nitrogen and oxygen atoms in total. The molecule has 0 aliphatic heterocycles. The van der Waals surface area contributed by atoms with E-state index in [-0.39, 0.29) is 22.6 Å². The molecule has 3 rings (SSSR count). The van der Waals surface area contributed by atoms with Crippen molar-refractivity contribution in [1.29, 1.82) is 0 Å². The van der Waals surface area contributed by atoms with Crippen molar-refractivity contribution >= 4 is 17.2 Å². The summed E-state index contributed by atoms with van der Waals surface area (Å²) in [5, 5.41) is 3.36. The Morgan fingerprint density at radius 3 is 2.35 bits per heavy atom. The highest BCUT2D eigenvalue weighted by Gasteiger charge is 2.34. The van der Waals surface area contributed by atoms with Crippen LogP contribution in [0.15, 0.2) is 60.8 Å². The van der Waals surface area contributed by atoms with Gasteiger partial charge in [-0.2, -0.15) is 13.2 Å². The van der Waals surface area contributed by atoms with Gasteiger partial charge in [-0.05, 0) is 53.8 Å². The summed E-state index contributed by atoms with van der Waals surface area (Å²) in [6, 6.07) is 13.4. The Balaban J connectivity index is 1.96. The van der Waals surface area contributed by atoms with Gasteiger partial charge in [0.15, 0.2) is 0 Å². The Bertz CT molecular complexity index is 1150. The van der Waals surface area contributed by atoms with Crippen molar-refractivity contribution in [3.8, 4) is 11.4 Å². The summed E-state index contributed by atoms with van der Waals surface area (Å²) in [5.41, 5.74) is 8.50. The SMILES string of the molecule is COCC/C=C(/Nc1ccc(C(C)(C)C)cc1)c1ccc(-c2ncccc2C(F)(F)F)nc1N. The van der Waals surface area contributed by atoms with Crippen LogP contribution in [-0.2, 0) is 16.3 Å². The van der Waals surface area contributed by atoms with Gasteiger partial charge in [0.2, 0.25) is 0 Å². The average Bonchev–Trinajstić information content (AvgIpc) is 2.78. The quantitative estimate of drug-likeness (QED) is 0.384. The standard InChI is InChI=1S/C26H29F3N4O/c1-25(2,3)17-9-11-18(12-10-17)32-21(8-6-16-34-4)19-13-14-22(33-24(19)30)23-20(26(27,28)29)7-5-15-31-23/h5,7-15,32H,6,16H2,1-4H3,(H2,30,33)/b21-8+. The molecule has 180 valence electrons. The van der Waals surface area contributed by atoms with Crippen molar-refractivity contribution in [1.82, 2.24) is 9.97 Å². The average molecular weight is 471 g/mol. The lowest BCUT2D eigenvalue weighted by Gasteiger charge is -2.20. The predicted molar refractivity (Wildman–Crippen MR) is 130 cm³/mol. The first-order valence-electron chi connectivity index (χ1n) is 10.9. The molecule has 0 saturated heterocycles. The first kappa shape index (κ1) is 25.2. The number of halogens is 3. The molecule has 8 heteroatoms. The number of ether oxygens (including phenoxy) is 1. The van der Waals surface area contributed by atoms with Gasteiger partial charge in [0.25, 0.3) is 0 Å². The fourth-order valence-corrected chi connectivity index (χ4v) is 3.43. The van der Waals surface area contributed by atoms with Crippen molar-refractivity contribution in [2.45, 2.75) is 38.8 Å². The third kappa shape index (κ3) is 6.14. The Morgan fingerprint density at radius 2 is 1.76 bits per heavy atom. The monoisotopic (exact) mass is 470 g/mol. The van der Waals surface area contributed by atoms with Gasteiger partial charge in [-0.1, -0.05) is 39.0 Å². The molecule has 2 aromatic heterocycles. The highest BCUT2D eigenvalue weighted by atomic mass is 19.4. The fourth-order valence-electron chi connectivity index (χ4n) is 3.43. The number of nitrogens with one attached hydrogen (secondary N) is 1. The molecule has 0 aliphatic rings. The molecule has 34 heavy (non-hydrogen) atoms. The normalized spacial score (nSPS) is 12.6. The summed E-state index contributed by atoms with van der Waals surface area (Å²) >= 11 is 0. The molecule has 3 N–H and O–H groups in total. The minimum absolute atomic E-state index is 0.0284. The topological polar surface area (TPSA) is 73.1 Å².